The predicted octanol–water partition coefficient (Wildman–Crippen LogP) is 1.32. The normalized spacial score (nSPS) is 13.1. The van der Waals surface area contributed by atoms with Crippen LogP contribution in [0.5, 0.6) is 0 Å². The average Bonchev–Trinajstić information content (AvgIpc) is 2.02. The monoisotopic (exact) mass is 202 g/mol. The van der Waals surface area contributed by atoms with Crippen LogP contribution in [0.2, 0.25) is 0 Å². The van der Waals surface area contributed by atoms with Gasteiger partial charge in [0.25, 0.3) is 0 Å². The van der Waals surface area contributed by atoms with E-state index in [9.17, 15) is 4.79 Å². The molecular weight excluding hydrogens is 180 g/mol. The van der Waals surface area contributed by atoms with Gasteiger partial charge >= 0.3 is 6.09 Å². The van der Waals surface area contributed by atoms with Crippen molar-refractivity contribution < 1.29 is 9.53 Å². The Labute approximate surface area is 86.6 Å². The van der Waals surface area contributed by atoms with Crippen LogP contribution in [0.4, 0.5) is 4.79 Å². The molecule has 1 atom stereocenters. The predicted molar refractivity (Wildman–Crippen MR) is 57.3 cm³/mol. The summed E-state index contributed by atoms with van der Waals surface area (Å²) < 4.78 is 4.84. The minimum atomic E-state index is -0.326. The summed E-state index contributed by atoms with van der Waals surface area (Å²) in [5, 5.41) is 2.85. The number of alkyl carbamates (subject to hydrolysis) is 1. The zero-order chi connectivity index (χ0) is 11.1. The lowest BCUT2D eigenvalue weighted by Gasteiger charge is -2.25. The highest BCUT2D eigenvalue weighted by Crippen LogP contribution is 2.02. The van der Waals surface area contributed by atoms with Crippen molar-refractivity contribution in [2.75, 3.05) is 27.2 Å². The Balaban J connectivity index is 4.02. The van der Waals surface area contributed by atoms with Gasteiger partial charge in [0.2, 0.25) is 0 Å². The zero-order valence-corrected chi connectivity index (χ0v) is 9.83. The Morgan fingerprint density at radius 3 is 2.36 bits per heavy atom. The Morgan fingerprint density at radius 2 is 2.00 bits per heavy atom. The van der Waals surface area contributed by atoms with Gasteiger partial charge in [-0.2, -0.15) is 0 Å². The van der Waals surface area contributed by atoms with Crippen molar-refractivity contribution in [3.63, 3.8) is 0 Å². The quantitative estimate of drug-likeness (QED) is 0.731. The van der Waals surface area contributed by atoms with Gasteiger partial charge in [-0.25, -0.2) is 4.79 Å². The summed E-state index contributed by atoms with van der Waals surface area (Å²) in [6.07, 6.45) is -0.326. The first-order chi connectivity index (χ1) is 6.47. The molecule has 1 amide bonds. The first kappa shape index (κ1) is 13.2. The molecule has 0 saturated carbocycles. The van der Waals surface area contributed by atoms with Crippen LogP contribution < -0.4 is 5.32 Å². The molecule has 14 heavy (non-hydrogen) atoms. The smallest absolute Gasteiger partial charge is 0.407 e. The molecule has 0 aliphatic rings. The number of hydrogen-bond acceptors (Lipinski definition) is 3. The van der Waals surface area contributed by atoms with Gasteiger partial charge < -0.3 is 15.0 Å². The molecule has 1 N–H and O–H groups in total. The van der Waals surface area contributed by atoms with E-state index in [1.54, 1.807) is 6.92 Å². The Hall–Kier alpha value is -0.770. The summed E-state index contributed by atoms with van der Waals surface area (Å²) in [6, 6.07) is 0.143. The third-order valence-electron chi connectivity index (χ3n) is 1.95. The Bertz CT molecular complexity index is 170. The van der Waals surface area contributed by atoms with Crippen LogP contribution >= 0.6 is 0 Å². The second-order valence-corrected chi connectivity index (χ2v) is 3.98. The molecule has 0 aromatic heterocycles. The van der Waals surface area contributed by atoms with Gasteiger partial charge in [-0.1, -0.05) is 13.8 Å². The highest BCUT2D eigenvalue weighted by atomic mass is 16.5. The van der Waals surface area contributed by atoms with E-state index in [0.29, 0.717) is 12.5 Å². The molecule has 0 rings (SSSR count). The summed E-state index contributed by atoms with van der Waals surface area (Å²) in [5.41, 5.74) is 0. The van der Waals surface area contributed by atoms with Gasteiger partial charge in [-0.05, 0) is 26.9 Å². The molecular formula is C10H22N2O2. The maximum atomic E-state index is 11.2. The number of hydrogen-bond donors (Lipinski definition) is 1. The standard InChI is InChI=1S/C10H22N2O2/c1-6-14-10(13)11-9(8(2)3)7-12(4)5/h8-9H,6-7H2,1-5H3,(H,11,13). The summed E-state index contributed by atoms with van der Waals surface area (Å²) >= 11 is 0. The van der Waals surface area contributed by atoms with E-state index in [1.807, 2.05) is 14.1 Å². The van der Waals surface area contributed by atoms with Crippen LogP contribution in [0.25, 0.3) is 0 Å². The van der Waals surface area contributed by atoms with Gasteiger partial charge in [0.1, 0.15) is 0 Å². The van der Waals surface area contributed by atoms with Crippen LogP contribution in [-0.2, 0) is 4.74 Å². The van der Waals surface area contributed by atoms with E-state index < -0.39 is 0 Å². The van der Waals surface area contributed by atoms with E-state index in [0.717, 1.165) is 6.54 Å². The molecule has 0 aromatic carbocycles. The lowest BCUT2D eigenvalue weighted by molar-refractivity contribution is 0.141. The zero-order valence-electron chi connectivity index (χ0n) is 9.83. The van der Waals surface area contributed by atoms with Crippen LogP contribution in [0, 0.1) is 5.92 Å². The number of amides is 1. The Morgan fingerprint density at radius 1 is 1.43 bits per heavy atom. The number of likely N-dealkylation sites (N-methyl/N-ethyl adjacent to an activating group) is 1. The van der Waals surface area contributed by atoms with Gasteiger partial charge in [0.15, 0.2) is 0 Å². The van der Waals surface area contributed by atoms with Crippen molar-refractivity contribution in [3.05, 3.63) is 0 Å². The lowest BCUT2D eigenvalue weighted by atomic mass is 10.0. The van der Waals surface area contributed by atoms with Crippen LogP contribution in [0.3, 0.4) is 0 Å². The number of carbonyl (C=O) groups is 1. The third kappa shape index (κ3) is 5.80. The molecule has 0 heterocycles. The fourth-order valence-corrected chi connectivity index (χ4v) is 1.14. The topological polar surface area (TPSA) is 41.6 Å². The van der Waals surface area contributed by atoms with E-state index in [1.165, 1.54) is 0 Å². The molecule has 0 aromatic rings. The molecule has 0 radical (unpaired) electrons. The van der Waals surface area contributed by atoms with Crippen LogP contribution in [-0.4, -0.2) is 44.3 Å². The lowest BCUT2D eigenvalue weighted by Crippen LogP contribution is -2.45. The van der Waals surface area contributed by atoms with E-state index in [4.69, 9.17) is 4.74 Å². The summed E-state index contributed by atoms with van der Waals surface area (Å²) in [6.45, 7) is 7.21. The second-order valence-electron chi connectivity index (χ2n) is 3.98. The fraction of sp³-hybridized carbons (Fsp3) is 0.900. The summed E-state index contributed by atoms with van der Waals surface area (Å²) in [7, 11) is 3.98. The van der Waals surface area contributed by atoms with E-state index >= 15 is 0 Å². The van der Waals surface area contributed by atoms with Gasteiger partial charge in [0.05, 0.1) is 6.61 Å². The molecule has 4 heteroatoms. The van der Waals surface area contributed by atoms with Gasteiger partial charge in [0, 0.05) is 12.6 Å². The molecule has 1 unspecified atom stereocenters. The summed E-state index contributed by atoms with van der Waals surface area (Å²) in [4.78, 5) is 13.2. The maximum Gasteiger partial charge on any atom is 0.407 e. The first-order valence-electron chi connectivity index (χ1n) is 5.05. The molecule has 0 spiro atoms. The molecule has 0 aliphatic heterocycles. The SMILES string of the molecule is CCOC(=O)NC(CN(C)C)C(C)C. The van der Waals surface area contributed by atoms with Crippen molar-refractivity contribution in [3.8, 4) is 0 Å². The number of nitrogens with one attached hydrogen (secondary N) is 1. The number of carbonyl (C=O) groups excluding carboxylic acids is 1. The Kier molecular flexibility index (Phi) is 6.28. The molecule has 4 nitrogen and oxygen atoms in total. The van der Waals surface area contributed by atoms with E-state index in [-0.39, 0.29) is 12.1 Å². The van der Waals surface area contributed by atoms with Crippen molar-refractivity contribution in [2.24, 2.45) is 5.92 Å². The van der Waals surface area contributed by atoms with Crippen LogP contribution in [0.1, 0.15) is 20.8 Å². The van der Waals surface area contributed by atoms with Crippen molar-refractivity contribution in [1.29, 1.82) is 0 Å². The second kappa shape index (κ2) is 6.65. The first-order valence-corrected chi connectivity index (χ1v) is 5.05. The largest absolute Gasteiger partial charge is 0.450 e. The third-order valence-corrected chi connectivity index (χ3v) is 1.95. The molecule has 0 fully saturated rings. The molecule has 0 saturated heterocycles. The number of rotatable bonds is 5. The van der Waals surface area contributed by atoms with Gasteiger partial charge in [-0.15, -0.1) is 0 Å². The highest BCUT2D eigenvalue weighted by molar-refractivity contribution is 5.67. The molecule has 0 aliphatic carbocycles. The molecule has 0 bridgehead atoms. The maximum absolute atomic E-state index is 11.2. The molecule has 84 valence electrons. The summed E-state index contributed by atoms with van der Waals surface area (Å²) in [5.74, 6) is 0.404. The number of nitrogens with zero attached hydrogens (tertiary/aromatic N) is 1. The van der Waals surface area contributed by atoms with Crippen LogP contribution in [0.15, 0.2) is 0 Å². The number of ether oxygens (including phenoxy) is 1. The van der Waals surface area contributed by atoms with Crippen molar-refractivity contribution in [2.45, 2.75) is 26.8 Å². The van der Waals surface area contributed by atoms with Crippen molar-refractivity contribution >= 4 is 6.09 Å². The minimum Gasteiger partial charge on any atom is -0.450 e. The highest BCUT2D eigenvalue weighted by Gasteiger charge is 2.17. The fourth-order valence-electron chi connectivity index (χ4n) is 1.14. The van der Waals surface area contributed by atoms with E-state index in [2.05, 4.69) is 24.1 Å². The van der Waals surface area contributed by atoms with Gasteiger partial charge in [-0.3, -0.25) is 0 Å². The average molecular weight is 202 g/mol. The minimum absolute atomic E-state index is 0.143. The van der Waals surface area contributed by atoms with Crippen molar-refractivity contribution in [1.82, 2.24) is 10.2 Å².